The number of halogens is 2. The molecule has 0 amide bonds. The summed E-state index contributed by atoms with van der Waals surface area (Å²) in [6.07, 6.45) is 1.42. The molecule has 0 saturated carbocycles. The zero-order valence-corrected chi connectivity index (χ0v) is 14.5. The van der Waals surface area contributed by atoms with E-state index in [0.29, 0.717) is 17.1 Å². The average Bonchev–Trinajstić information content (AvgIpc) is 2.58. The number of Topliss-reactive ketones (excluding diaryl/α,β-unsaturated/α-hetero) is 1. The molecule has 122 valence electrons. The fraction of sp³-hybridized carbons (Fsp3) is 0.111. The summed E-state index contributed by atoms with van der Waals surface area (Å²) in [7, 11) is 2.99. The maximum absolute atomic E-state index is 12.6. The summed E-state index contributed by atoms with van der Waals surface area (Å²) in [6, 6.07) is 11.8. The van der Waals surface area contributed by atoms with E-state index in [1.54, 1.807) is 36.4 Å². The van der Waals surface area contributed by atoms with Crippen LogP contribution in [-0.2, 0) is 0 Å². The Balaban J connectivity index is 2.56. The number of benzene rings is 2. The molecule has 0 unspecified atom stereocenters. The molecule has 0 aliphatic heterocycles. The van der Waals surface area contributed by atoms with E-state index in [0.717, 1.165) is 0 Å². The Hall–Kier alpha value is -2.48. The first kappa shape index (κ1) is 17.9. The van der Waals surface area contributed by atoms with Gasteiger partial charge >= 0.3 is 0 Å². The van der Waals surface area contributed by atoms with Crippen molar-refractivity contribution in [1.29, 1.82) is 5.26 Å². The van der Waals surface area contributed by atoms with Crippen LogP contribution in [0.4, 0.5) is 0 Å². The zero-order chi connectivity index (χ0) is 17.7. The first-order chi connectivity index (χ1) is 11.5. The topological polar surface area (TPSA) is 59.3 Å². The second-order valence-corrected chi connectivity index (χ2v) is 5.49. The standard InChI is InChI=1S/C18H13Cl2NO3/c1-23-15-8-3-5-11(18(15)24-2)9-12(10-21)17(22)16-13(19)6-4-7-14(16)20/h3-9H,1-2H3/b12-9+. The Kier molecular flexibility index (Phi) is 5.86. The summed E-state index contributed by atoms with van der Waals surface area (Å²) in [5, 5.41) is 9.77. The van der Waals surface area contributed by atoms with Crippen molar-refractivity contribution < 1.29 is 14.3 Å². The van der Waals surface area contributed by atoms with Crippen LogP contribution in [0.2, 0.25) is 10.0 Å². The van der Waals surface area contributed by atoms with Crippen LogP contribution in [0, 0.1) is 11.3 Å². The number of hydrogen-bond acceptors (Lipinski definition) is 4. The van der Waals surface area contributed by atoms with E-state index in [1.807, 2.05) is 6.07 Å². The van der Waals surface area contributed by atoms with Crippen molar-refractivity contribution in [2.75, 3.05) is 14.2 Å². The molecule has 0 spiro atoms. The number of allylic oxidation sites excluding steroid dienone is 1. The Labute approximate surface area is 149 Å². The molecule has 0 aliphatic carbocycles. The van der Waals surface area contributed by atoms with Crippen LogP contribution >= 0.6 is 23.2 Å². The third-order valence-electron chi connectivity index (χ3n) is 3.29. The lowest BCUT2D eigenvalue weighted by molar-refractivity contribution is 0.104. The van der Waals surface area contributed by atoms with Crippen LogP contribution in [-0.4, -0.2) is 20.0 Å². The Morgan fingerprint density at radius 2 is 1.71 bits per heavy atom. The lowest BCUT2D eigenvalue weighted by atomic mass is 10.0. The lowest BCUT2D eigenvalue weighted by Crippen LogP contribution is -2.04. The molecule has 2 aromatic carbocycles. The molecule has 0 radical (unpaired) electrons. The molecule has 2 rings (SSSR count). The number of rotatable bonds is 5. The maximum Gasteiger partial charge on any atom is 0.206 e. The monoisotopic (exact) mass is 361 g/mol. The van der Waals surface area contributed by atoms with Gasteiger partial charge in [0.25, 0.3) is 0 Å². The van der Waals surface area contributed by atoms with E-state index in [9.17, 15) is 10.1 Å². The number of carbonyl (C=O) groups is 1. The highest BCUT2D eigenvalue weighted by atomic mass is 35.5. The van der Waals surface area contributed by atoms with Gasteiger partial charge in [-0.3, -0.25) is 4.79 Å². The van der Waals surface area contributed by atoms with Gasteiger partial charge in [0.15, 0.2) is 11.5 Å². The number of ketones is 1. The number of hydrogen-bond donors (Lipinski definition) is 0. The minimum Gasteiger partial charge on any atom is -0.493 e. The van der Waals surface area contributed by atoms with Crippen molar-refractivity contribution >= 4 is 35.1 Å². The van der Waals surface area contributed by atoms with Crippen LogP contribution in [0.25, 0.3) is 6.08 Å². The van der Waals surface area contributed by atoms with Crippen molar-refractivity contribution in [2.45, 2.75) is 0 Å². The highest BCUT2D eigenvalue weighted by Crippen LogP contribution is 2.33. The van der Waals surface area contributed by atoms with Gasteiger partial charge in [-0.05, 0) is 24.3 Å². The average molecular weight is 362 g/mol. The first-order valence-electron chi connectivity index (χ1n) is 6.85. The normalized spacial score (nSPS) is 10.9. The first-order valence-corrected chi connectivity index (χ1v) is 7.60. The van der Waals surface area contributed by atoms with Gasteiger partial charge in [-0.2, -0.15) is 5.26 Å². The largest absolute Gasteiger partial charge is 0.493 e. The van der Waals surface area contributed by atoms with Crippen molar-refractivity contribution in [2.24, 2.45) is 0 Å². The third-order valence-corrected chi connectivity index (χ3v) is 3.92. The second kappa shape index (κ2) is 7.87. The Bertz CT molecular complexity index is 834. The second-order valence-electron chi connectivity index (χ2n) is 4.68. The smallest absolute Gasteiger partial charge is 0.206 e. The van der Waals surface area contributed by atoms with Gasteiger partial charge in [-0.15, -0.1) is 0 Å². The summed E-state index contributed by atoms with van der Waals surface area (Å²) in [5.74, 6) is 0.357. The van der Waals surface area contributed by atoms with Gasteiger partial charge in [-0.1, -0.05) is 41.4 Å². The van der Waals surface area contributed by atoms with Crippen molar-refractivity contribution in [3.63, 3.8) is 0 Å². The molecule has 0 fully saturated rings. The molecule has 0 atom stereocenters. The summed E-state index contributed by atoms with van der Waals surface area (Å²) in [4.78, 5) is 12.6. The summed E-state index contributed by atoms with van der Waals surface area (Å²) >= 11 is 12.1. The van der Waals surface area contributed by atoms with Gasteiger partial charge in [0.05, 0.1) is 29.8 Å². The number of ether oxygens (including phenoxy) is 2. The number of carbonyl (C=O) groups excluding carboxylic acids is 1. The molecular weight excluding hydrogens is 349 g/mol. The van der Waals surface area contributed by atoms with E-state index in [-0.39, 0.29) is 21.2 Å². The van der Waals surface area contributed by atoms with Gasteiger partial charge in [-0.25, -0.2) is 0 Å². The van der Waals surface area contributed by atoms with Crippen LogP contribution in [0.15, 0.2) is 42.0 Å². The third kappa shape index (κ3) is 3.53. The summed E-state index contributed by atoms with van der Waals surface area (Å²) < 4.78 is 10.5. The molecule has 2 aromatic rings. The van der Waals surface area contributed by atoms with Gasteiger partial charge in [0, 0.05) is 5.56 Å². The van der Waals surface area contributed by atoms with E-state index in [1.165, 1.54) is 20.3 Å². The Morgan fingerprint density at radius 1 is 1.08 bits per heavy atom. The van der Waals surface area contributed by atoms with E-state index in [4.69, 9.17) is 32.7 Å². The Morgan fingerprint density at radius 3 is 2.25 bits per heavy atom. The molecule has 0 aliphatic rings. The van der Waals surface area contributed by atoms with Gasteiger partial charge in [0.1, 0.15) is 11.6 Å². The maximum atomic E-state index is 12.6. The highest BCUT2D eigenvalue weighted by Gasteiger charge is 2.20. The van der Waals surface area contributed by atoms with E-state index >= 15 is 0 Å². The lowest BCUT2D eigenvalue weighted by Gasteiger charge is -2.10. The molecule has 0 heterocycles. The molecule has 0 saturated heterocycles. The zero-order valence-electron chi connectivity index (χ0n) is 13.0. The SMILES string of the molecule is COc1cccc(/C=C(\C#N)C(=O)c2c(Cl)cccc2Cl)c1OC. The number of nitrogens with zero attached hydrogens (tertiary/aromatic N) is 1. The van der Waals surface area contributed by atoms with Crippen molar-refractivity contribution in [3.05, 3.63) is 63.1 Å². The predicted molar refractivity (Wildman–Crippen MR) is 93.9 cm³/mol. The fourth-order valence-electron chi connectivity index (χ4n) is 2.18. The van der Waals surface area contributed by atoms with Crippen LogP contribution < -0.4 is 9.47 Å². The van der Waals surface area contributed by atoms with Crippen molar-refractivity contribution in [3.8, 4) is 17.6 Å². The summed E-state index contributed by atoms with van der Waals surface area (Å²) in [6.45, 7) is 0. The van der Waals surface area contributed by atoms with Crippen LogP contribution in [0.5, 0.6) is 11.5 Å². The van der Waals surface area contributed by atoms with E-state index < -0.39 is 5.78 Å². The molecule has 0 aromatic heterocycles. The molecule has 4 nitrogen and oxygen atoms in total. The van der Waals surface area contributed by atoms with Gasteiger partial charge < -0.3 is 9.47 Å². The summed E-state index contributed by atoms with van der Waals surface area (Å²) in [5.41, 5.74) is 0.511. The number of para-hydroxylation sites is 1. The predicted octanol–water partition coefficient (Wildman–Crippen LogP) is 4.80. The van der Waals surface area contributed by atoms with Crippen LogP contribution in [0.1, 0.15) is 15.9 Å². The highest BCUT2D eigenvalue weighted by molar-refractivity contribution is 6.41. The molecule has 6 heteroatoms. The minimum atomic E-state index is -0.557. The molecular formula is C18H13Cl2NO3. The van der Waals surface area contributed by atoms with Gasteiger partial charge in [0.2, 0.25) is 5.78 Å². The van der Waals surface area contributed by atoms with Crippen LogP contribution in [0.3, 0.4) is 0 Å². The molecule has 0 N–H and O–H groups in total. The minimum absolute atomic E-state index is 0.0931. The number of methoxy groups -OCH3 is 2. The number of nitriles is 1. The quantitative estimate of drug-likeness (QED) is 0.436. The fourth-order valence-corrected chi connectivity index (χ4v) is 2.75. The molecule has 24 heavy (non-hydrogen) atoms. The molecule has 0 bridgehead atoms. The van der Waals surface area contributed by atoms with E-state index in [2.05, 4.69) is 0 Å². The van der Waals surface area contributed by atoms with Crippen molar-refractivity contribution in [1.82, 2.24) is 0 Å².